The van der Waals surface area contributed by atoms with E-state index < -0.39 is 11.7 Å². The van der Waals surface area contributed by atoms with Crippen LogP contribution in [0.15, 0.2) is 12.1 Å². The third-order valence-electron chi connectivity index (χ3n) is 1.90. The molecule has 1 aromatic carbocycles. The molecule has 0 atom stereocenters. The van der Waals surface area contributed by atoms with Crippen molar-refractivity contribution in [1.82, 2.24) is 0 Å². The molecule has 0 unspecified atom stereocenters. The summed E-state index contributed by atoms with van der Waals surface area (Å²) in [7, 11) is 0. The van der Waals surface area contributed by atoms with Crippen molar-refractivity contribution in [2.45, 2.75) is 0 Å². The minimum absolute atomic E-state index is 0.0296. The summed E-state index contributed by atoms with van der Waals surface area (Å²) >= 11 is 5.55. The van der Waals surface area contributed by atoms with Crippen LogP contribution in [-0.2, 0) is 9.53 Å². The lowest BCUT2D eigenvalue weighted by molar-refractivity contribution is -0.122. The molecule has 1 amide bonds. The first-order chi connectivity index (χ1) is 8.00. The molecule has 0 fully saturated rings. The molecule has 0 spiro atoms. The second kappa shape index (κ2) is 6.27. The van der Waals surface area contributed by atoms with Gasteiger partial charge < -0.3 is 21.5 Å². The van der Waals surface area contributed by atoms with E-state index in [1.54, 1.807) is 0 Å². The molecule has 5 nitrogen and oxygen atoms in total. The van der Waals surface area contributed by atoms with Crippen LogP contribution >= 0.6 is 11.6 Å². The molecule has 5 N–H and O–H groups in total. The predicted molar refractivity (Wildman–Crippen MR) is 64.3 cm³/mol. The van der Waals surface area contributed by atoms with Gasteiger partial charge in [-0.15, -0.1) is 0 Å². The van der Waals surface area contributed by atoms with E-state index in [9.17, 15) is 9.18 Å². The van der Waals surface area contributed by atoms with Gasteiger partial charge in [0.2, 0.25) is 5.91 Å². The molecule has 1 aromatic rings. The molecule has 1 rings (SSSR count). The number of carbonyl (C=O) groups excluding carboxylic acids is 1. The molecule has 94 valence electrons. The molecule has 0 aliphatic heterocycles. The van der Waals surface area contributed by atoms with Crippen LogP contribution in [0.2, 0.25) is 5.02 Å². The van der Waals surface area contributed by atoms with Crippen molar-refractivity contribution in [2.75, 3.05) is 30.8 Å². The van der Waals surface area contributed by atoms with Gasteiger partial charge in [-0.1, -0.05) is 11.6 Å². The van der Waals surface area contributed by atoms with Crippen LogP contribution in [0.3, 0.4) is 0 Å². The van der Waals surface area contributed by atoms with E-state index in [2.05, 4.69) is 5.32 Å². The summed E-state index contributed by atoms with van der Waals surface area (Å²) < 4.78 is 18.0. The number of benzene rings is 1. The Balaban J connectivity index is 2.41. The van der Waals surface area contributed by atoms with Crippen LogP contribution in [-0.4, -0.2) is 25.7 Å². The number of ether oxygens (including phenoxy) is 1. The first-order valence-electron chi connectivity index (χ1n) is 4.85. The zero-order valence-corrected chi connectivity index (χ0v) is 9.76. The second-order valence-electron chi connectivity index (χ2n) is 3.30. The van der Waals surface area contributed by atoms with Gasteiger partial charge in [-0.2, -0.15) is 0 Å². The number of rotatable bonds is 6. The molecule has 7 heteroatoms. The summed E-state index contributed by atoms with van der Waals surface area (Å²) in [5.74, 6) is -1.09. The second-order valence-corrected chi connectivity index (χ2v) is 3.71. The van der Waals surface area contributed by atoms with Crippen molar-refractivity contribution in [1.29, 1.82) is 0 Å². The molecule has 0 bridgehead atoms. The summed E-state index contributed by atoms with van der Waals surface area (Å²) in [6.45, 7) is 0.483. The van der Waals surface area contributed by atoms with Gasteiger partial charge >= 0.3 is 0 Å². The number of nitrogens with one attached hydrogen (secondary N) is 1. The third kappa shape index (κ3) is 4.46. The summed E-state index contributed by atoms with van der Waals surface area (Å²) in [5.41, 5.74) is 11.3. The van der Waals surface area contributed by atoms with Crippen LogP contribution < -0.4 is 16.8 Å². The van der Waals surface area contributed by atoms with Gasteiger partial charge in [0.15, 0.2) is 0 Å². The molecule has 0 aliphatic carbocycles. The molecule has 0 saturated carbocycles. The number of anilines is 2. The lowest BCUT2D eigenvalue weighted by Crippen LogP contribution is -2.20. The SMILES string of the molecule is NC(=O)COCCNc1cc(F)c(Cl)cc1N. The van der Waals surface area contributed by atoms with Gasteiger partial charge in [-0.25, -0.2) is 4.39 Å². The Kier molecular flexibility index (Phi) is 4.99. The van der Waals surface area contributed by atoms with Crippen LogP contribution in [0.25, 0.3) is 0 Å². The number of halogens is 2. The van der Waals surface area contributed by atoms with Crippen molar-refractivity contribution in [3.8, 4) is 0 Å². The third-order valence-corrected chi connectivity index (χ3v) is 2.19. The summed E-state index contributed by atoms with van der Waals surface area (Å²) in [6, 6.07) is 2.52. The maximum Gasteiger partial charge on any atom is 0.243 e. The fraction of sp³-hybridized carbons (Fsp3) is 0.300. The molecule has 0 saturated heterocycles. The van der Waals surface area contributed by atoms with Crippen molar-refractivity contribution in [3.63, 3.8) is 0 Å². The average molecular weight is 262 g/mol. The van der Waals surface area contributed by atoms with Crippen molar-refractivity contribution >= 4 is 28.9 Å². The largest absolute Gasteiger partial charge is 0.397 e. The van der Waals surface area contributed by atoms with Gasteiger partial charge in [-0.3, -0.25) is 4.79 Å². The van der Waals surface area contributed by atoms with Gasteiger partial charge in [0.25, 0.3) is 0 Å². The Labute approximate surface area is 103 Å². The average Bonchev–Trinajstić information content (AvgIpc) is 2.24. The Morgan fingerprint density at radius 1 is 1.53 bits per heavy atom. The highest BCUT2D eigenvalue weighted by atomic mass is 35.5. The Bertz CT molecular complexity index is 415. The molecule has 0 radical (unpaired) electrons. The lowest BCUT2D eigenvalue weighted by atomic mass is 10.2. The fourth-order valence-electron chi connectivity index (χ4n) is 1.15. The van der Waals surface area contributed by atoms with Gasteiger partial charge in [0, 0.05) is 12.6 Å². The van der Waals surface area contributed by atoms with Crippen LogP contribution in [0.1, 0.15) is 0 Å². The molecule has 0 heterocycles. The number of nitrogens with two attached hydrogens (primary N) is 2. The van der Waals surface area contributed by atoms with E-state index >= 15 is 0 Å². The minimum atomic E-state index is -0.554. The maximum absolute atomic E-state index is 13.1. The van der Waals surface area contributed by atoms with E-state index in [4.69, 9.17) is 27.8 Å². The first kappa shape index (κ1) is 13.5. The Hall–Kier alpha value is -1.53. The van der Waals surface area contributed by atoms with Gasteiger partial charge in [0.05, 0.1) is 23.0 Å². The molecular weight excluding hydrogens is 249 g/mol. The highest BCUT2D eigenvalue weighted by Crippen LogP contribution is 2.25. The highest BCUT2D eigenvalue weighted by molar-refractivity contribution is 6.31. The van der Waals surface area contributed by atoms with E-state index in [1.807, 2.05) is 0 Å². The van der Waals surface area contributed by atoms with Crippen molar-refractivity contribution in [3.05, 3.63) is 23.0 Å². The summed E-state index contributed by atoms with van der Waals surface area (Å²) in [5, 5.41) is 2.82. The van der Waals surface area contributed by atoms with Crippen molar-refractivity contribution < 1.29 is 13.9 Å². The van der Waals surface area contributed by atoms with Gasteiger partial charge in [-0.05, 0) is 6.07 Å². The summed E-state index contributed by atoms with van der Waals surface area (Å²) in [6.07, 6.45) is 0. The summed E-state index contributed by atoms with van der Waals surface area (Å²) in [4.78, 5) is 10.4. The molecule has 0 aliphatic rings. The molecule has 17 heavy (non-hydrogen) atoms. The monoisotopic (exact) mass is 261 g/mol. The number of carbonyl (C=O) groups is 1. The fourth-order valence-corrected chi connectivity index (χ4v) is 1.32. The quantitative estimate of drug-likeness (QED) is 0.526. The normalized spacial score (nSPS) is 10.2. The van der Waals surface area contributed by atoms with Crippen LogP contribution in [0.5, 0.6) is 0 Å². The molecular formula is C10H13ClFN3O2. The standard InChI is InChI=1S/C10H13ClFN3O2/c11-6-3-8(13)9(4-7(6)12)15-1-2-17-5-10(14)16/h3-4,15H,1-2,5,13H2,(H2,14,16). The van der Waals surface area contributed by atoms with Gasteiger partial charge in [0.1, 0.15) is 12.4 Å². The predicted octanol–water partition coefficient (Wildman–Crippen LogP) is 0.975. The number of nitrogen functional groups attached to an aromatic ring is 1. The van der Waals surface area contributed by atoms with E-state index in [-0.39, 0.29) is 18.2 Å². The Morgan fingerprint density at radius 2 is 2.24 bits per heavy atom. The highest BCUT2D eigenvalue weighted by Gasteiger charge is 2.05. The van der Waals surface area contributed by atoms with Crippen LogP contribution in [0, 0.1) is 5.82 Å². The van der Waals surface area contributed by atoms with E-state index in [0.717, 1.165) is 0 Å². The minimum Gasteiger partial charge on any atom is -0.397 e. The molecule has 0 aromatic heterocycles. The maximum atomic E-state index is 13.1. The number of hydrogen-bond acceptors (Lipinski definition) is 4. The number of amides is 1. The number of hydrogen-bond donors (Lipinski definition) is 3. The Morgan fingerprint density at radius 3 is 2.88 bits per heavy atom. The lowest BCUT2D eigenvalue weighted by Gasteiger charge is -2.10. The van der Waals surface area contributed by atoms with Crippen molar-refractivity contribution in [2.24, 2.45) is 5.73 Å². The first-order valence-corrected chi connectivity index (χ1v) is 5.23. The topological polar surface area (TPSA) is 90.4 Å². The zero-order chi connectivity index (χ0) is 12.8. The van der Waals surface area contributed by atoms with E-state index in [0.29, 0.717) is 17.9 Å². The zero-order valence-electron chi connectivity index (χ0n) is 9.00. The van der Waals surface area contributed by atoms with E-state index in [1.165, 1.54) is 12.1 Å². The van der Waals surface area contributed by atoms with Crippen LogP contribution in [0.4, 0.5) is 15.8 Å². The smallest absolute Gasteiger partial charge is 0.243 e. The number of primary amides is 1.